The summed E-state index contributed by atoms with van der Waals surface area (Å²) in [4.78, 5) is 5.59. The number of rotatable bonds is 5. The summed E-state index contributed by atoms with van der Waals surface area (Å²) in [5.41, 5.74) is 1.07. The van der Waals surface area contributed by atoms with Gasteiger partial charge in [0.25, 0.3) is 0 Å². The summed E-state index contributed by atoms with van der Waals surface area (Å²) in [6.07, 6.45) is 2.92. The van der Waals surface area contributed by atoms with Crippen molar-refractivity contribution in [2.45, 2.75) is 36.4 Å². The van der Waals surface area contributed by atoms with Crippen molar-refractivity contribution in [2.24, 2.45) is 7.05 Å². The number of hydrogen-bond acceptors (Lipinski definition) is 5. The van der Waals surface area contributed by atoms with Gasteiger partial charge in [-0.2, -0.15) is 0 Å². The number of nitrogens with zero attached hydrogens (tertiary/aromatic N) is 4. The molecule has 0 aliphatic rings. The normalized spacial score (nSPS) is 12.6. The van der Waals surface area contributed by atoms with E-state index in [-0.39, 0.29) is 0 Å². The molecule has 5 nitrogen and oxygen atoms in total. The van der Waals surface area contributed by atoms with Gasteiger partial charge in [0, 0.05) is 24.2 Å². The summed E-state index contributed by atoms with van der Waals surface area (Å²) in [5, 5.41) is 12.3. The summed E-state index contributed by atoms with van der Waals surface area (Å²) in [6.45, 7) is 4.09. The highest BCUT2D eigenvalue weighted by atomic mass is 32.2. The van der Waals surface area contributed by atoms with Crippen LogP contribution in [0.15, 0.2) is 28.4 Å². The van der Waals surface area contributed by atoms with Gasteiger partial charge in [-0.1, -0.05) is 6.92 Å². The smallest absolute Gasteiger partial charge is 0.195 e. The van der Waals surface area contributed by atoms with Gasteiger partial charge in [-0.3, -0.25) is 4.98 Å². The third-order valence-electron chi connectivity index (χ3n) is 3.13. The van der Waals surface area contributed by atoms with Crippen molar-refractivity contribution in [3.63, 3.8) is 0 Å². The fraction of sp³-hybridized carbons (Fsp3) is 0.462. The molecule has 0 radical (unpaired) electrons. The monoisotopic (exact) mass is 277 g/mol. The van der Waals surface area contributed by atoms with E-state index in [0.29, 0.717) is 6.04 Å². The van der Waals surface area contributed by atoms with Crippen LogP contribution in [0.25, 0.3) is 0 Å². The van der Waals surface area contributed by atoms with Crippen molar-refractivity contribution in [2.75, 3.05) is 7.05 Å². The second kappa shape index (κ2) is 6.16. The van der Waals surface area contributed by atoms with Gasteiger partial charge < -0.3 is 9.88 Å². The van der Waals surface area contributed by atoms with Crippen molar-refractivity contribution in [3.05, 3.63) is 29.8 Å². The maximum absolute atomic E-state index is 4.51. The topological polar surface area (TPSA) is 55.6 Å². The summed E-state index contributed by atoms with van der Waals surface area (Å²) < 4.78 is 1.97. The maximum Gasteiger partial charge on any atom is 0.195 e. The van der Waals surface area contributed by atoms with Crippen LogP contribution in [0, 0.1) is 6.92 Å². The Kier molecular flexibility index (Phi) is 4.55. The van der Waals surface area contributed by atoms with Crippen LogP contribution in [-0.4, -0.2) is 26.8 Å². The third-order valence-corrected chi connectivity index (χ3v) is 4.15. The Bertz CT molecular complexity index is 530. The molecule has 0 saturated carbocycles. The molecule has 102 valence electrons. The zero-order chi connectivity index (χ0) is 13.8. The summed E-state index contributed by atoms with van der Waals surface area (Å²) in [5.74, 6) is 0.910. The van der Waals surface area contributed by atoms with Crippen molar-refractivity contribution < 1.29 is 0 Å². The van der Waals surface area contributed by atoms with Crippen LogP contribution < -0.4 is 5.32 Å². The fourth-order valence-corrected chi connectivity index (χ4v) is 2.60. The number of nitrogens with one attached hydrogen (secondary N) is 1. The Morgan fingerprint density at radius 3 is 2.63 bits per heavy atom. The van der Waals surface area contributed by atoms with E-state index in [1.165, 1.54) is 0 Å². The van der Waals surface area contributed by atoms with Gasteiger partial charge in [0.2, 0.25) is 0 Å². The van der Waals surface area contributed by atoms with Crippen molar-refractivity contribution in [1.29, 1.82) is 0 Å². The van der Waals surface area contributed by atoms with E-state index in [9.17, 15) is 0 Å². The summed E-state index contributed by atoms with van der Waals surface area (Å²) in [6, 6.07) is 4.46. The second-order valence-corrected chi connectivity index (χ2v) is 5.40. The maximum atomic E-state index is 4.51. The zero-order valence-corrected chi connectivity index (χ0v) is 12.5. The standard InChI is InChI=1S/C13H19N5S/c1-5-11(14-3)12-7-6-10(8-15-12)19-13-17-16-9(2)18(13)4/h6-8,11,14H,5H2,1-4H3. The number of pyridine rings is 1. The van der Waals surface area contributed by atoms with Gasteiger partial charge in [0.1, 0.15) is 5.82 Å². The zero-order valence-electron chi connectivity index (χ0n) is 11.7. The lowest BCUT2D eigenvalue weighted by atomic mass is 10.1. The molecule has 2 heterocycles. The molecular formula is C13H19N5S. The van der Waals surface area contributed by atoms with E-state index in [4.69, 9.17) is 0 Å². The lowest BCUT2D eigenvalue weighted by molar-refractivity contribution is 0.561. The van der Waals surface area contributed by atoms with Gasteiger partial charge in [0.05, 0.1) is 5.69 Å². The first-order valence-corrected chi connectivity index (χ1v) is 7.14. The molecule has 0 bridgehead atoms. The molecule has 2 aromatic heterocycles. The quantitative estimate of drug-likeness (QED) is 0.909. The molecule has 1 atom stereocenters. The first kappa shape index (κ1) is 14.0. The van der Waals surface area contributed by atoms with Gasteiger partial charge in [-0.25, -0.2) is 0 Å². The Labute approximate surface area is 117 Å². The number of aryl methyl sites for hydroxylation is 1. The lowest BCUT2D eigenvalue weighted by Gasteiger charge is -2.13. The van der Waals surface area contributed by atoms with Crippen LogP contribution in [-0.2, 0) is 7.05 Å². The lowest BCUT2D eigenvalue weighted by Crippen LogP contribution is -2.16. The molecule has 0 fully saturated rings. The van der Waals surface area contributed by atoms with E-state index in [1.54, 1.807) is 11.8 Å². The van der Waals surface area contributed by atoms with E-state index in [2.05, 4.69) is 39.6 Å². The van der Waals surface area contributed by atoms with Crippen molar-refractivity contribution in [1.82, 2.24) is 25.1 Å². The molecule has 6 heteroatoms. The molecule has 0 aromatic carbocycles. The Hall–Kier alpha value is -1.40. The van der Waals surface area contributed by atoms with E-state index >= 15 is 0 Å². The van der Waals surface area contributed by atoms with Gasteiger partial charge >= 0.3 is 0 Å². The first-order chi connectivity index (χ1) is 9.15. The van der Waals surface area contributed by atoms with E-state index in [0.717, 1.165) is 28.0 Å². The highest BCUT2D eigenvalue weighted by Crippen LogP contribution is 2.26. The minimum absolute atomic E-state index is 0.316. The third kappa shape index (κ3) is 3.13. The minimum Gasteiger partial charge on any atom is -0.312 e. The Morgan fingerprint density at radius 1 is 1.37 bits per heavy atom. The van der Waals surface area contributed by atoms with E-state index in [1.807, 2.05) is 31.8 Å². The molecule has 1 N–H and O–H groups in total. The largest absolute Gasteiger partial charge is 0.312 e. The Morgan fingerprint density at radius 2 is 2.16 bits per heavy atom. The highest BCUT2D eigenvalue weighted by Gasteiger charge is 2.10. The predicted octanol–water partition coefficient (Wildman–Crippen LogP) is 2.34. The molecule has 0 aliphatic carbocycles. The fourth-order valence-electron chi connectivity index (χ4n) is 1.80. The molecular weight excluding hydrogens is 258 g/mol. The first-order valence-electron chi connectivity index (χ1n) is 6.32. The van der Waals surface area contributed by atoms with Crippen LogP contribution in [0.3, 0.4) is 0 Å². The van der Waals surface area contributed by atoms with Crippen LogP contribution in [0.5, 0.6) is 0 Å². The number of hydrogen-bond donors (Lipinski definition) is 1. The predicted molar refractivity (Wildman–Crippen MR) is 76.2 cm³/mol. The second-order valence-electron chi connectivity index (χ2n) is 4.36. The molecule has 0 amide bonds. The molecule has 19 heavy (non-hydrogen) atoms. The van der Waals surface area contributed by atoms with Gasteiger partial charge in [-0.05, 0) is 44.3 Å². The highest BCUT2D eigenvalue weighted by molar-refractivity contribution is 7.99. The molecule has 1 unspecified atom stereocenters. The van der Waals surface area contributed by atoms with Crippen LogP contribution in [0.1, 0.15) is 30.9 Å². The average molecular weight is 277 g/mol. The number of aromatic nitrogens is 4. The molecule has 0 saturated heterocycles. The Balaban J connectivity index is 2.13. The summed E-state index contributed by atoms with van der Waals surface area (Å²) in [7, 11) is 3.93. The van der Waals surface area contributed by atoms with Gasteiger partial charge in [-0.15, -0.1) is 10.2 Å². The van der Waals surface area contributed by atoms with Crippen LogP contribution >= 0.6 is 11.8 Å². The minimum atomic E-state index is 0.316. The molecule has 0 spiro atoms. The molecule has 2 aromatic rings. The average Bonchev–Trinajstić information content (AvgIpc) is 2.74. The van der Waals surface area contributed by atoms with E-state index < -0.39 is 0 Å². The summed E-state index contributed by atoms with van der Waals surface area (Å²) >= 11 is 1.58. The SMILES string of the molecule is CCC(NC)c1ccc(Sc2nnc(C)n2C)cn1. The molecule has 0 aliphatic heterocycles. The van der Waals surface area contributed by atoms with Gasteiger partial charge in [0.15, 0.2) is 5.16 Å². The van der Waals surface area contributed by atoms with Crippen molar-refractivity contribution >= 4 is 11.8 Å². The van der Waals surface area contributed by atoms with Crippen molar-refractivity contribution in [3.8, 4) is 0 Å². The van der Waals surface area contributed by atoms with Crippen LogP contribution in [0.2, 0.25) is 0 Å². The molecule has 2 rings (SSSR count). The van der Waals surface area contributed by atoms with Crippen LogP contribution in [0.4, 0.5) is 0 Å².